The largest absolute Gasteiger partial charge is 0.495 e. The Labute approximate surface area is 165 Å². The Morgan fingerprint density at radius 3 is 2.54 bits per heavy atom. The molecule has 0 bridgehead atoms. The number of sulfonamides is 1. The highest BCUT2D eigenvalue weighted by molar-refractivity contribution is 7.89. The van der Waals surface area contributed by atoms with Crippen LogP contribution in [0.15, 0.2) is 39.6 Å². The van der Waals surface area contributed by atoms with Crippen LogP contribution in [0.3, 0.4) is 0 Å². The zero-order valence-electron chi connectivity index (χ0n) is 16.3. The molecule has 1 saturated carbocycles. The number of nitrogens with one attached hydrogen (secondary N) is 2. The lowest BCUT2D eigenvalue weighted by molar-refractivity contribution is 0.0935. The quantitative estimate of drug-likeness (QED) is 0.735. The third-order valence-corrected chi connectivity index (χ3v) is 6.47. The van der Waals surface area contributed by atoms with Gasteiger partial charge in [-0.25, -0.2) is 13.1 Å². The van der Waals surface area contributed by atoms with Crippen molar-refractivity contribution in [3.63, 3.8) is 0 Å². The molecular weight excluding hydrogens is 380 g/mol. The van der Waals surface area contributed by atoms with Crippen molar-refractivity contribution in [2.45, 2.75) is 56.5 Å². The number of furan rings is 1. The van der Waals surface area contributed by atoms with E-state index in [4.69, 9.17) is 9.15 Å². The van der Waals surface area contributed by atoms with Crippen LogP contribution in [0.2, 0.25) is 0 Å². The number of hydrogen-bond acceptors (Lipinski definition) is 5. The van der Waals surface area contributed by atoms with Crippen LogP contribution < -0.4 is 14.8 Å². The maximum atomic E-state index is 12.9. The maximum Gasteiger partial charge on any atom is 0.251 e. The van der Waals surface area contributed by atoms with Gasteiger partial charge < -0.3 is 14.5 Å². The number of benzene rings is 1. The van der Waals surface area contributed by atoms with Crippen molar-refractivity contribution in [3.05, 3.63) is 47.4 Å². The molecule has 1 unspecified atom stereocenters. The predicted molar refractivity (Wildman–Crippen MR) is 105 cm³/mol. The minimum absolute atomic E-state index is 0.0314. The van der Waals surface area contributed by atoms with Gasteiger partial charge in [-0.3, -0.25) is 4.79 Å². The van der Waals surface area contributed by atoms with Crippen LogP contribution in [0.1, 0.15) is 60.5 Å². The summed E-state index contributed by atoms with van der Waals surface area (Å²) in [6.07, 6.45) is 3.66. The molecule has 0 aliphatic heterocycles. The van der Waals surface area contributed by atoms with Crippen molar-refractivity contribution in [1.82, 2.24) is 10.0 Å². The fraction of sp³-hybridized carbons (Fsp3) is 0.450. The van der Waals surface area contributed by atoms with E-state index in [-0.39, 0.29) is 34.2 Å². The smallest absolute Gasteiger partial charge is 0.251 e. The minimum atomic E-state index is -3.79. The van der Waals surface area contributed by atoms with Crippen LogP contribution in [0.4, 0.5) is 0 Å². The minimum Gasteiger partial charge on any atom is -0.495 e. The number of amides is 1. The van der Waals surface area contributed by atoms with Crippen LogP contribution in [0.5, 0.6) is 5.75 Å². The molecule has 3 rings (SSSR count). The second-order valence-electron chi connectivity index (χ2n) is 7.11. The van der Waals surface area contributed by atoms with E-state index in [0.29, 0.717) is 5.76 Å². The van der Waals surface area contributed by atoms with Crippen LogP contribution in [0.25, 0.3) is 0 Å². The molecule has 0 radical (unpaired) electrons. The summed E-state index contributed by atoms with van der Waals surface area (Å²) in [5.74, 6) is 1.21. The third kappa shape index (κ3) is 4.56. The Balaban J connectivity index is 1.82. The van der Waals surface area contributed by atoms with Gasteiger partial charge in [0.15, 0.2) is 0 Å². The Bertz CT molecular complexity index is 945. The molecular formula is C20H26N2O5S. The fourth-order valence-electron chi connectivity index (χ4n) is 3.39. The topological polar surface area (TPSA) is 97.6 Å². The van der Waals surface area contributed by atoms with E-state index in [2.05, 4.69) is 10.0 Å². The van der Waals surface area contributed by atoms with E-state index >= 15 is 0 Å². The van der Waals surface area contributed by atoms with E-state index in [1.807, 2.05) is 13.0 Å². The molecule has 2 N–H and O–H groups in total. The molecule has 1 fully saturated rings. The molecule has 2 aromatic rings. The molecule has 1 aliphatic carbocycles. The van der Waals surface area contributed by atoms with Crippen LogP contribution >= 0.6 is 0 Å². The molecule has 8 heteroatoms. The summed E-state index contributed by atoms with van der Waals surface area (Å²) in [5.41, 5.74) is 0.239. The van der Waals surface area contributed by atoms with Crippen molar-refractivity contribution in [2.24, 2.45) is 0 Å². The summed E-state index contributed by atoms with van der Waals surface area (Å²) in [6, 6.07) is 7.60. The van der Waals surface area contributed by atoms with Gasteiger partial charge in [0.05, 0.1) is 13.2 Å². The van der Waals surface area contributed by atoms with Gasteiger partial charge in [0, 0.05) is 11.6 Å². The number of rotatable bonds is 7. The van der Waals surface area contributed by atoms with Gasteiger partial charge in [-0.15, -0.1) is 0 Å². The van der Waals surface area contributed by atoms with Crippen LogP contribution in [-0.4, -0.2) is 27.5 Å². The second kappa shape index (κ2) is 8.36. The average Bonchev–Trinajstić information content (AvgIpc) is 3.32. The first-order chi connectivity index (χ1) is 13.3. The summed E-state index contributed by atoms with van der Waals surface area (Å²) in [4.78, 5) is 12.6. The number of carbonyl (C=O) groups is 1. The molecule has 1 heterocycles. The van der Waals surface area contributed by atoms with E-state index in [1.54, 1.807) is 19.1 Å². The Kier molecular flexibility index (Phi) is 6.10. The maximum absolute atomic E-state index is 12.9. The van der Waals surface area contributed by atoms with Gasteiger partial charge >= 0.3 is 0 Å². The molecule has 0 saturated heterocycles. The standard InChI is InChI=1S/C20H26N2O5S/c1-13-8-10-17(27-13)14(2)21-20(23)15-9-11-18(26-3)19(12-15)28(24,25)22-16-6-4-5-7-16/h8-12,14,16,22H,4-7H2,1-3H3,(H,21,23). The number of carbonyl (C=O) groups excluding carboxylic acids is 1. The SMILES string of the molecule is COc1ccc(C(=O)NC(C)c2ccc(C)o2)cc1S(=O)(=O)NC1CCCC1. The van der Waals surface area contributed by atoms with Crippen molar-refractivity contribution < 1.29 is 22.4 Å². The van der Waals surface area contributed by atoms with Gasteiger partial charge in [-0.05, 0) is 57.0 Å². The number of aryl methyl sites for hydroxylation is 1. The lowest BCUT2D eigenvalue weighted by atomic mass is 10.1. The summed E-state index contributed by atoms with van der Waals surface area (Å²) in [5, 5.41) is 2.83. The molecule has 152 valence electrons. The third-order valence-electron chi connectivity index (χ3n) is 4.93. The number of methoxy groups -OCH3 is 1. The average molecular weight is 407 g/mol. The summed E-state index contributed by atoms with van der Waals surface area (Å²) in [7, 11) is -2.39. The lowest BCUT2D eigenvalue weighted by Crippen LogP contribution is -2.33. The highest BCUT2D eigenvalue weighted by Gasteiger charge is 2.27. The van der Waals surface area contributed by atoms with Crippen molar-refractivity contribution in [1.29, 1.82) is 0 Å². The van der Waals surface area contributed by atoms with Gasteiger partial charge in [0.1, 0.15) is 22.2 Å². The van der Waals surface area contributed by atoms with Crippen molar-refractivity contribution in [2.75, 3.05) is 7.11 Å². The van der Waals surface area contributed by atoms with Crippen LogP contribution in [-0.2, 0) is 10.0 Å². The molecule has 0 spiro atoms. The fourth-order valence-corrected chi connectivity index (χ4v) is 4.89. The number of ether oxygens (including phenoxy) is 1. The summed E-state index contributed by atoms with van der Waals surface area (Å²) in [6.45, 7) is 3.63. The first-order valence-corrected chi connectivity index (χ1v) is 10.9. The number of hydrogen-bond donors (Lipinski definition) is 2. The first kappa shape index (κ1) is 20.4. The zero-order chi connectivity index (χ0) is 20.3. The highest BCUT2D eigenvalue weighted by atomic mass is 32.2. The molecule has 1 amide bonds. The molecule has 7 nitrogen and oxygen atoms in total. The predicted octanol–water partition coefficient (Wildman–Crippen LogP) is 3.31. The zero-order valence-corrected chi connectivity index (χ0v) is 17.1. The molecule has 1 aliphatic rings. The van der Waals surface area contributed by atoms with E-state index in [1.165, 1.54) is 19.2 Å². The highest BCUT2D eigenvalue weighted by Crippen LogP contribution is 2.27. The summed E-state index contributed by atoms with van der Waals surface area (Å²) < 4.78 is 39.2. The Morgan fingerprint density at radius 1 is 1.21 bits per heavy atom. The lowest BCUT2D eigenvalue weighted by Gasteiger charge is -2.16. The van der Waals surface area contributed by atoms with E-state index in [9.17, 15) is 13.2 Å². The Hall–Kier alpha value is -2.32. The molecule has 1 aromatic carbocycles. The van der Waals surface area contributed by atoms with Crippen molar-refractivity contribution in [3.8, 4) is 5.75 Å². The van der Waals surface area contributed by atoms with Gasteiger partial charge in [0.25, 0.3) is 5.91 Å². The monoisotopic (exact) mass is 406 g/mol. The second-order valence-corrected chi connectivity index (χ2v) is 8.79. The van der Waals surface area contributed by atoms with Gasteiger partial charge in [-0.2, -0.15) is 0 Å². The Morgan fingerprint density at radius 2 is 1.93 bits per heavy atom. The molecule has 1 aromatic heterocycles. The van der Waals surface area contributed by atoms with E-state index < -0.39 is 10.0 Å². The normalized spacial score (nSPS) is 16.1. The molecule has 28 heavy (non-hydrogen) atoms. The first-order valence-electron chi connectivity index (χ1n) is 9.37. The van der Waals surface area contributed by atoms with E-state index in [0.717, 1.165) is 31.4 Å². The van der Waals surface area contributed by atoms with Gasteiger partial charge in [-0.1, -0.05) is 12.8 Å². The van der Waals surface area contributed by atoms with Crippen LogP contribution in [0, 0.1) is 6.92 Å². The van der Waals surface area contributed by atoms with Gasteiger partial charge in [0.2, 0.25) is 10.0 Å². The van der Waals surface area contributed by atoms with Crippen molar-refractivity contribution >= 4 is 15.9 Å². The molecule has 1 atom stereocenters. The summed E-state index contributed by atoms with van der Waals surface area (Å²) >= 11 is 0.